The molecular formula is C17H18N2O3. The summed E-state index contributed by atoms with van der Waals surface area (Å²) in [4.78, 5) is 26.0. The van der Waals surface area contributed by atoms with Crippen LogP contribution >= 0.6 is 0 Å². The topological polar surface area (TPSA) is 58.6 Å². The molecule has 3 rings (SSSR count). The predicted octanol–water partition coefficient (Wildman–Crippen LogP) is 2.25. The number of benzene rings is 2. The summed E-state index contributed by atoms with van der Waals surface area (Å²) < 4.78 is 4.96. The van der Waals surface area contributed by atoms with E-state index in [1.54, 1.807) is 14.0 Å². The smallest absolute Gasteiger partial charge is 0.325 e. The number of nitrogens with one attached hydrogen (secondary N) is 1. The molecule has 114 valence electrons. The summed E-state index contributed by atoms with van der Waals surface area (Å²) in [6, 6.07) is 13.4. The highest BCUT2D eigenvalue weighted by molar-refractivity contribution is 6.07. The predicted molar refractivity (Wildman–Crippen MR) is 83.4 cm³/mol. The Hall–Kier alpha value is -2.40. The number of rotatable bonds is 4. The van der Waals surface area contributed by atoms with Crippen LogP contribution in [0.2, 0.25) is 0 Å². The van der Waals surface area contributed by atoms with E-state index in [-0.39, 0.29) is 18.5 Å². The Balaban J connectivity index is 1.98. The second kappa shape index (κ2) is 5.42. The van der Waals surface area contributed by atoms with Crippen molar-refractivity contribution in [1.82, 2.24) is 10.2 Å². The fraction of sp³-hybridized carbons (Fsp3) is 0.294. The lowest BCUT2D eigenvalue weighted by Gasteiger charge is -2.22. The molecule has 1 heterocycles. The Kier molecular flexibility index (Phi) is 3.58. The molecular weight excluding hydrogens is 280 g/mol. The van der Waals surface area contributed by atoms with Crippen LogP contribution in [-0.4, -0.2) is 37.1 Å². The first-order chi connectivity index (χ1) is 10.6. The number of amides is 3. The van der Waals surface area contributed by atoms with Gasteiger partial charge in [-0.1, -0.05) is 36.4 Å². The fourth-order valence-corrected chi connectivity index (χ4v) is 2.78. The van der Waals surface area contributed by atoms with Gasteiger partial charge in [0.15, 0.2) is 0 Å². The summed E-state index contributed by atoms with van der Waals surface area (Å²) in [7, 11) is 1.54. The number of methoxy groups -OCH3 is 1. The van der Waals surface area contributed by atoms with Crippen LogP contribution in [0.1, 0.15) is 12.5 Å². The molecule has 0 saturated carbocycles. The van der Waals surface area contributed by atoms with Gasteiger partial charge in [0.05, 0.1) is 13.2 Å². The van der Waals surface area contributed by atoms with Crippen LogP contribution in [0.4, 0.5) is 4.79 Å². The summed E-state index contributed by atoms with van der Waals surface area (Å²) in [6.07, 6.45) is 0. The Morgan fingerprint density at radius 3 is 2.59 bits per heavy atom. The van der Waals surface area contributed by atoms with E-state index in [1.165, 1.54) is 4.90 Å². The average molecular weight is 298 g/mol. The van der Waals surface area contributed by atoms with Crippen LogP contribution in [-0.2, 0) is 15.1 Å². The average Bonchev–Trinajstić information content (AvgIpc) is 2.75. The van der Waals surface area contributed by atoms with Gasteiger partial charge < -0.3 is 10.1 Å². The van der Waals surface area contributed by atoms with Gasteiger partial charge in [-0.05, 0) is 29.3 Å². The maximum atomic E-state index is 12.7. The quantitative estimate of drug-likeness (QED) is 0.881. The summed E-state index contributed by atoms with van der Waals surface area (Å²) in [6.45, 7) is 2.32. The number of imide groups is 1. The molecule has 1 atom stereocenters. The Labute approximate surface area is 128 Å². The number of nitrogens with zero attached hydrogens (tertiary/aromatic N) is 1. The lowest BCUT2D eigenvalue weighted by molar-refractivity contribution is -0.131. The molecule has 0 aromatic heterocycles. The van der Waals surface area contributed by atoms with Gasteiger partial charge in [0.25, 0.3) is 5.91 Å². The highest BCUT2D eigenvalue weighted by Gasteiger charge is 2.48. The number of fused-ring (bicyclic) bond motifs is 1. The molecule has 1 fully saturated rings. The molecule has 1 N–H and O–H groups in total. The maximum absolute atomic E-state index is 12.7. The van der Waals surface area contributed by atoms with Gasteiger partial charge in [-0.15, -0.1) is 0 Å². The largest absolute Gasteiger partial charge is 0.383 e. The zero-order chi connectivity index (χ0) is 15.7. The van der Waals surface area contributed by atoms with E-state index in [2.05, 4.69) is 5.32 Å². The molecule has 1 saturated heterocycles. The van der Waals surface area contributed by atoms with Gasteiger partial charge in [-0.25, -0.2) is 4.79 Å². The lowest BCUT2D eigenvalue weighted by Crippen LogP contribution is -2.41. The molecule has 1 aliphatic heterocycles. The van der Waals surface area contributed by atoms with E-state index in [4.69, 9.17) is 4.74 Å². The minimum Gasteiger partial charge on any atom is -0.383 e. The molecule has 22 heavy (non-hydrogen) atoms. The van der Waals surface area contributed by atoms with Crippen molar-refractivity contribution in [3.8, 4) is 0 Å². The summed E-state index contributed by atoms with van der Waals surface area (Å²) >= 11 is 0. The summed E-state index contributed by atoms with van der Waals surface area (Å²) in [5.74, 6) is -0.246. The molecule has 0 unspecified atom stereocenters. The van der Waals surface area contributed by atoms with Crippen LogP contribution in [0.3, 0.4) is 0 Å². The van der Waals surface area contributed by atoms with Crippen LogP contribution in [0.5, 0.6) is 0 Å². The van der Waals surface area contributed by atoms with Crippen molar-refractivity contribution in [3.63, 3.8) is 0 Å². The number of urea groups is 1. The van der Waals surface area contributed by atoms with Crippen molar-refractivity contribution in [2.24, 2.45) is 0 Å². The first-order valence-electron chi connectivity index (χ1n) is 7.18. The zero-order valence-electron chi connectivity index (χ0n) is 12.6. The lowest BCUT2D eigenvalue weighted by atomic mass is 9.90. The van der Waals surface area contributed by atoms with Gasteiger partial charge in [-0.3, -0.25) is 9.69 Å². The summed E-state index contributed by atoms with van der Waals surface area (Å²) in [5, 5.41) is 4.94. The van der Waals surface area contributed by atoms with Gasteiger partial charge in [0.1, 0.15) is 5.54 Å². The van der Waals surface area contributed by atoms with Crippen molar-refractivity contribution in [3.05, 3.63) is 48.0 Å². The normalized spacial score (nSPS) is 21.5. The van der Waals surface area contributed by atoms with E-state index in [9.17, 15) is 9.59 Å². The third-order valence-electron chi connectivity index (χ3n) is 4.12. The molecule has 2 aromatic rings. The number of carbonyl (C=O) groups excluding carboxylic acids is 2. The number of ether oxygens (including phenoxy) is 1. The Morgan fingerprint density at radius 1 is 1.14 bits per heavy atom. The number of hydrogen-bond donors (Lipinski definition) is 1. The van der Waals surface area contributed by atoms with E-state index in [0.29, 0.717) is 6.61 Å². The van der Waals surface area contributed by atoms with Gasteiger partial charge in [0, 0.05) is 7.11 Å². The van der Waals surface area contributed by atoms with E-state index in [1.807, 2.05) is 42.5 Å². The molecule has 3 amide bonds. The van der Waals surface area contributed by atoms with E-state index in [0.717, 1.165) is 16.3 Å². The molecule has 5 nitrogen and oxygen atoms in total. The SMILES string of the molecule is COCCN1C(=O)N[C@](C)(c2ccc3ccccc3c2)C1=O. The highest BCUT2D eigenvalue weighted by atomic mass is 16.5. The third kappa shape index (κ3) is 2.23. The molecule has 0 radical (unpaired) electrons. The monoisotopic (exact) mass is 298 g/mol. The van der Waals surface area contributed by atoms with E-state index >= 15 is 0 Å². The van der Waals surface area contributed by atoms with Crippen molar-refractivity contribution in [1.29, 1.82) is 0 Å². The second-order valence-electron chi connectivity index (χ2n) is 5.57. The highest BCUT2D eigenvalue weighted by Crippen LogP contribution is 2.30. The maximum Gasteiger partial charge on any atom is 0.325 e. The van der Waals surface area contributed by atoms with Crippen molar-refractivity contribution in [2.45, 2.75) is 12.5 Å². The molecule has 0 bridgehead atoms. The Bertz CT molecular complexity index is 744. The molecule has 0 aliphatic carbocycles. The second-order valence-corrected chi connectivity index (χ2v) is 5.57. The van der Waals surface area contributed by atoms with E-state index < -0.39 is 5.54 Å². The number of hydrogen-bond acceptors (Lipinski definition) is 3. The summed E-state index contributed by atoms with van der Waals surface area (Å²) in [5.41, 5.74) is -0.251. The molecule has 5 heteroatoms. The first-order valence-corrected chi connectivity index (χ1v) is 7.18. The van der Waals surface area contributed by atoms with Crippen LogP contribution < -0.4 is 5.32 Å². The van der Waals surface area contributed by atoms with Crippen LogP contribution in [0.25, 0.3) is 10.8 Å². The standard InChI is InChI=1S/C17H18N2O3/c1-17(15(20)19(9-10-22-2)16(21)18-17)14-8-7-12-5-3-4-6-13(12)11-14/h3-8,11H,9-10H2,1-2H3,(H,18,21)/t17-/m1/s1. The molecule has 2 aromatic carbocycles. The minimum atomic E-state index is -1.03. The Morgan fingerprint density at radius 2 is 1.86 bits per heavy atom. The molecule has 1 aliphatic rings. The van der Waals surface area contributed by atoms with Gasteiger partial charge >= 0.3 is 6.03 Å². The molecule has 0 spiro atoms. The van der Waals surface area contributed by atoms with Crippen LogP contribution in [0, 0.1) is 0 Å². The van der Waals surface area contributed by atoms with Crippen molar-refractivity contribution in [2.75, 3.05) is 20.3 Å². The van der Waals surface area contributed by atoms with Gasteiger partial charge in [-0.2, -0.15) is 0 Å². The van der Waals surface area contributed by atoms with Crippen molar-refractivity contribution >= 4 is 22.7 Å². The van der Waals surface area contributed by atoms with Crippen LogP contribution in [0.15, 0.2) is 42.5 Å². The minimum absolute atomic E-state index is 0.246. The van der Waals surface area contributed by atoms with Gasteiger partial charge in [0.2, 0.25) is 0 Å². The fourth-order valence-electron chi connectivity index (χ4n) is 2.78. The van der Waals surface area contributed by atoms with Crippen molar-refractivity contribution < 1.29 is 14.3 Å². The number of carbonyl (C=O) groups is 2. The third-order valence-corrected chi connectivity index (χ3v) is 4.12. The first kappa shape index (κ1) is 14.5. The zero-order valence-corrected chi connectivity index (χ0v) is 12.6.